The lowest BCUT2D eigenvalue weighted by molar-refractivity contribution is -0.118. The number of anilines is 1. The monoisotopic (exact) mass is 221 g/mol. The number of benzene rings is 1. The highest BCUT2D eigenvalue weighted by atomic mass is 16.1. The van der Waals surface area contributed by atoms with Crippen molar-refractivity contribution in [1.82, 2.24) is 0 Å². The average Bonchev–Trinajstić information content (AvgIpc) is 2.15. The highest BCUT2D eigenvalue weighted by Gasteiger charge is 2.10. The Morgan fingerprint density at radius 1 is 1.44 bits per heavy atom. The number of hydrogen-bond donors (Lipinski definition) is 2. The van der Waals surface area contributed by atoms with Gasteiger partial charge in [0.2, 0.25) is 5.91 Å². The van der Waals surface area contributed by atoms with Gasteiger partial charge >= 0.3 is 0 Å². The van der Waals surface area contributed by atoms with Crippen LogP contribution < -0.4 is 16.4 Å². The maximum absolute atomic E-state index is 10.8. The topological polar surface area (TPSA) is 72.3 Å². The van der Waals surface area contributed by atoms with Gasteiger partial charge in [0.05, 0.1) is 0 Å². The van der Waals surface area contributed by atoms with Crippen LogP contribution in [0.3, 0.4) is 0 Å². The van der Waals surface area contributed by atoms with Gasteiger partial charge in [-0.15, -0.1) is 0 Å². The first-order valence-electron chi connectivity index (χ1n) is 5.23. The summed E-state index contributed by atoms with van der Waals surface area (Å²) in [5.74, 6) is -0.373. The van der Waals surface area contributed by atoms with E-state index in [0.717, 1.165) is 16.8 Å². The van der Waals surface area contributed by atoms with Crippen molar-refractivity contribution in [3.63, 3.8) is 0 Å². The lowest BCUT2D eigenvalue weighted by Gasteiger charge is -2.18. The molecule has 0 bridgehead atoms. The summed E-state index contributed by atoms with van der Waals surface area (Å²) in [4.78, 5) is 12.8. The second-order valence-electron chi connectivity index (χ2n) is 4.22. The number of carbonyl (C=O) groups is 1. The molecule has 0 saturated carbocycles. The largest absolute Gasteiger partial charge is 0.377 e. The summed E-state index contributed by atoms with van der Waals surface area (Å²) >= 11 is 0. The predicted molar refractivity (Wildman–Crippen MR) is 66.2 cm³/mol. The zero-order chi connectivity index (χ0) is 12.3. The van der Waals surface area contributed by atoms with Crippen molar-refractivity contribution >= 4 is 11.6 Å². The van der Waals surface area contributed by atoms with Crippen LogP contribution in [0, 0.1) is 6.92 Å². The molecule has 16 heavy (non-hydrogen) atoms. The highest BCUT2D eigenvalue weighted by Crippen LogP contribution is 2.22. The predicted octanol–water partition coefficient (Wildman–Crippen LogP) is 0.936. The first kappa shape index (κ1) is 12.5. The third-order valence-corrected chi connectivity index (χ3v) is 2.55. The molecule has 0 saturated heterocycles. The van der Waals surface area contributed by atoms with Gasteiger partial charge in [-0.05, 0) is 24.1 Å². The van der Waals surface area contributed by atoms with Crippen molar-refractivity contribution in [2.45, 2.75) is 19.4 Å². The van der Waals surface area contributed by atoms with Crippen LogP contribution in [0.4, 0.5) is 5.69 Å². The zero-order valence-electron chi connectivity index (χ0n) is 10.0. The first-order valence-corrected chi connectivity index (χ1v) is 5.23. The molecule has 1 rings (SSSR count). The molecule has 1 unspecified atom stereocenters. The Morgan fingerprint density at radius 2 is 2.06 bits per heavy atom. The van der Waals surface area contributed by atoms with E-state index in [4.69, 9.17) is 11.5 Å². The van der Waals surface area contributed by atoms with Crippen LogP contribution in [-0.4, -0.2) is 20.0 Å². The molecule has 0 fully saturated rings. The number of aryl methyl sites for hydroxylation is 1. The number of amides is 1. The van der Waals surface area contributed by atoms with Gasteiger partial charge < -0.3 is 16.4 Å². The van der Waals surface area contributed by atoms with Gasteiger partial charge in [0.15, 0.2) is 0 Å². The zero-order valence-corrected chi connectivity index (χ0v) is 10.0. The summed E-state index contributed by atoms with van der Waals surface area (Å²) < 4.78 is 0. The molecule has 4 heteroatoms. The van der Waals surface area contributed by atoms with E-state index in [9.17, 15) is 4.79 Å². The molecule has 0 aliphatic rings. The number of primary amides is 1. The van der Waals surface area contributed by atoms with Gasteiger partial charge in [-0.1, -0.05) is 12.1 Å². The summed E-state index contributed by atoms with van der Waals surface area (Å²) in [6.07, 6.45) is 0.181. The Balaban J connectivity index is 2.92. The molecule has 0 radical (unpaired) electrons. The van der Waals surface area contributed by atoms with E-state index in [-0.39, 0.29) is 18.4 Å². The van der Waals surface area contributed by atoms with Crippen molar-refractivity contribution in [2.75, 3.05) is 19.0 Å². The molecule has 1 amide bonds. The van der Waals surface area contributed by atoms with Crippen LogP contribution in [0.25, 0.3) is 0 Å². The van der Waals surface area contributed by atoms with Crippen molar-refractivity contribution < 1.29 is 4.79 Å². The molecule has 0 heterocycles. The molecule has 1 aromatic carbocycles. The first-order chi connectivity index (χ1) is 7.41. The van der Waals surface area contributed by atoms with Gasteiger partial charge in [-0.2, -0.15) is 0 Å². The fourth-order valence-corrected chi connectivity index (χ4v) is 1.75. The third-order valence-electron chi connectivity index (χ3n) is 2.55. The number of carbonyl (C=O) groups excluding carboxylic acids is 1. The molecule has 88 valence electrons. The molecule has 4 nitrogen and oxygen atoms in total. The molecule has 0 aliphatic carbocycles. The Morgan fingerprint density at radius 3 is 2.50 bits per heavy atom. The second kappa shape index (κ2) is 4.99. The minimum absolute atomic E-state index is 0.181. The van der Waals surface area contributed by atoms with Gasteiger partial charge in [0, 0.05) is 32.2 Å². The number of nitrogens with two attached hydrogens (primary N) is 2. The molecule has 4 N–H and O–H groups in total. The second-order valence-corrected chi connectivity index (χ2v) is 4.22. The highest BCUT2D eigenvalue weighted by molar-refractivity contribution is 5.74. The van der Waals surface area contributed by atoms with E-state index in [1.807, 2.05) is 44.1 Å². The molecule has 0 spiro atoms. The molecular formula is C12H19N3O. The Hall–Kier alpha value is -1.55. The van der Waals surface area contributed by atoms with Crippen molar-refractivity contribution in [2.24, 2.45) is 11.5 Å². The normalized spacial score (nSPS) is 12.2. The fraction of sp³-hybridized carbons (Fsp3) is 0.417. The number of hydrogen-bond acceptors (Lipinski definition) is 3. The van der Waals surface area contributed by atoms with E-state index in [2.05, 4.69) is 0 Å². The summed E-state index contributed by atoms with van der Waals surface area (Å²) in [5, 5.41) is 0. The van der Waals surface area contributed by atoms with E-state index in [0.29, 0.717) is 0 Å². The van der Waals surface area contributed by atoms with Crippen LogP contribution >= 0.6 is 0 Å². The van der Waals surface area contributed by atoms with Gasteiger partial charge in [-0.25, -0.2) is 0 Å². The standard InChI is InChI=1S/C12H19N3O/c1-8-6-9(10(13)7-12(14)16)4-5-11(8)15(2)3/h4-6,10H,7,13H2,1-3H3,(H2,14,16). The van der Waals surface area contributed by atoms with Crippen molar-refractivity contribution in [3.8, 4) is 0 Å². The summed E-state index contributed by atoms with van der Waals surface area (Å²) in [6.45, 7) is 2.02. The fourth-order valence-electron chi connectivity index (χ4n) is 1.75. The van der Waals surface area contributed by atoms with Crippen LogP contribution in [0.1, 0.15) is 23.6 Å². The minimum atomic E-state index is -0.373. The maximum Gasteiger partial charge on any atom is 0.219 e. The van der Waals surface area contributed by atoms with Gasteiger partial charge in [-0.3, -0.25) is 4.79 Å². The molecule has 1 atom stereocenters. The lowest BCUT2D eigenvalue weighted by atomic mass is 10.0. The summed E-state index contributed by atoms with van der Waals surface area (Å²) in [6, 6.07) is 5.64. The number of rotatable bonds is 4. The molecular weight excluding hydrogens is 202 g/mol. The molecule has 0 aliphatic heterocycles. The quantitative estimate of drug-likeness (QED) is 0.794. The third kappa shape index (κ3) is 2.97. The minimum Gasteiger partial charge on any atom is -0.377 e. The summed E-state index contributed by atoms with van der Waals surface area (Å²) in [5.41, 5.74) is 14.2. The smallest absolute Gasteiger partial charge is 0.219 e. The van der Waals surface area contributed by atoms with Crippen LogP contribution in [-0.2, 0) is 4.79 Å². The van der Waals surface area contributed by atoms with Gasteiger partial charge in [0.25, 0.3) is 0 Å². The van der Waals surface area contributed by atoms with Crippen LogP contribution in [0.5, 0.6) is 0 Å². The summed E-state index contributed by atoms with van der Waals surface area (Å²) in [7, 11) is 3.98. The average molecular weight is 221 g/mol. The van der Waals surface area contributed by atoms with E-state index in [1.165, 1.54) is 0 Å². The van der Waals surface area contributed by atoms with E-state index in [1.54, 1.807) is 0 Å². The van der Waals surface area contributed by atoms with Crippen molar-refractivity contribution in [1.29, 1.82) is 0 Å². The molecule has 0 aromatic heterocycles. The number of nitrogens with zero attached hydrogens (tertiary/aromatic N) is 1. The Bertz CT molecular complexity index is 388. The Kier molecular flexibility index (Phi) is 3.90. The van der Waals surface area contributed by atoms with Crippen LogP contribution in [0.2, 0.25) is 0 Å². The van der Waals surface area contributed by atoms with Crippen molar-refractivity contribution in [3.05, 3.63) is 29.3 Å². The Labute approximate surface area is 96.2 Å². The van der Waals surface area contributed by atoms with E-state index >= 15 is 0 Å². The molecule has 1 aromatic rings. The SMILES string of the molecule is Cc1cc(C(N)CC(N)=O)ccc1N(C)C. The lowest BCUT2D eigenvalue weighted by Crippen LogP contribution is -2.21. The maximum atomic E-state index is 10.8. The van der Waals surface area contributed by atoms with E-state index < -0.39 is 0 Å². The van der Waals surface area contributed by atoms with Crippen LogP contribution in [0.15, 0.2) is 18.2 Å². The van der Waals surface area contributed by atoms with Gasteiger partial charge in [0.1, 0.15) is 0 Å².